The highest BCUT2D eigenvalue weighted by molar-refractivity contribution is 6.58. The molecule has 37 heavy (non-hydrogen) atoms. The SMILES string of the molecule is CCCCCCCCCCCC[SiH](CCCCCCCCCCCC)CCCCCCCCCCCC. The van der Waals surface area contributed by atoms with Gasteiger partial charge in [0.15, 0.2) is 0 Å². The van der Waals surface area contributed by atoms with Crippen molar-refractivity contribution in [3.8, 4) is 0 Å². The van der Waals surface area contributed by atoms with Crippen LogP contribution in [0.25, 0.3) is 0 Å². The highest BCUT2D eigenvalue weighted by Crippen LogP contribution is 2.21. The first kappa shape index (κ1) is 37.2. The van der Waals surface area contributed by atoms with E-state index in [1.54, 1.807) is 37.4 Å². The Kier molecular flexibility index (Phi) is 34.4. The average molecular weight is 537 g/mol. The van der Waals surface area contributed by atoms with Crippen LogP contribution in [0.4, 0.5) is 0 Å². The average Bonchev–Trinajstić information content (AvgIpc) is 2.91. The highest BCUT2D eigenvalue weighted by atomic mass is 28.3. The Labute approximate surface area is 239 Å². The lowest BCUT2D eigenvalue weighted by Crippen LogP contribution is -2.12. The summed E-state index contributed by atoms with van der Waals surface area (Å²) in [4.78, 5) is 0. The molecule has 0 saturated heterocycles. The lowest BCUT2D eigenvalue weighted by atomic mass is 10.1. The molecule has 0 fully saturated rings. The Bertz CT molecular complexity index is 322. The Balaban J connectivity index is 3.87. The zero-order chi connectivity index (χ0) is 26.9. The molecule has 0 aliphatic carbocycles. The van der Waals surface area contributed by atoms with Crippen LogP contribution >= 0.6 is 0 Å². The fourth-order valence-electron chi connectivity index (χ4n) is 6.19. The molecule has 0 aliphatic heterocycles. The lowest BCUT2D eigenvalue weighted by Gasteiger charge is -2.15. The molecule has 224 valence electrons. The molecule has 0 unspecified atom stereocenters. The number of rotatable bonds is 33. The topological polar surface area (TPSA) is 0 Å². The van der Waals surface area contributed by atoms with Crippen LogP contribution in [-0.2, 0) is 0 Å². The predicted octanol–water partition coefficient (Wildman–Crippen LogP) is 14.0. The summed E-state index contributed by atoms with van der Waals surface area (Å²) < 4.78 is 0. The molecule has 0 aromatic heterocycles. The minimum atomic E-state index is -0.468. The maximum atomic E-state index is 2.32. The van der Waals surface area contributed by atoms with E-state index in [4.69, 9.17) is 0 Å². The van der Waals surface area contributed by atoms with Gasteiger partial charge in [-0.15, -0.1) is 0 Å². The molecule has 0 aromatic rings. The van der Waals surface area contributed by atoms with Crippen molar-refractivity contribution < 1.29 is 0 Å². The summed E-state index contributed by atoms with van der Waals surface area (Å²) in [5.41, 5.74) is 0. The van der Waals surface area contributed by atoms with Gasteiger partial charge in [0.25, 0.3) is 0 Å². The molecule has 0 aliphatic rings. The summed E-state index contributed by atoms with van der Waals surface area (Å²) >= 11 is 0. The van der Waals surface area contributed by atoms with Gasteiger partial charge in [-0.1, -0.05) is 232 Å². The molecule has 0 radical (unpaired) electrons. The maximum Gasteiger partial charge on any atom is 0.0367 e. The molecule has 0 nitrogen and oxygen atoms in total. The van der Waals surface area contributed by atoms with Crippen LogP contribution in [0.15, 0.2) is 0 Å². The molecule has 0 spiro atoms. The smallest absolute Gasteiger partial charge is 0.0367 e. The van der Waals surface area contributed by atoms with Crippen LogP contribution in [-0.4, -0.2) is 8.80 Å². The third-order valence-corrected chi connectivity index (χ3v) is 12.6. The van der Waals surface area contributed by atoms with E-state index in [-0.39, 0.29) is 0 Å². The van der Waals surface area contributed by atoms with Gasteiger partial charge in [0.1, 0.15) is 0 Å². The van der Waals surface area contributed by atoms with E-state index in [0.717, 1.165) is 0 Å². The van der Waals surface area contributed by atoms with Crippen molar-refractivity contribution in [2.24, 2.45) is 0 Å². The second-order valence-electron chi connectivity index (χ2n) is 12.8. The van der Waals surface area contributed by atoms with E-state index in [1.165, 1.54) is 173 Å². The van der Waals surface area contributed by atoms with Gasteiger partial charge in [-0.25, -0.2) is 0 Å². The number of unbranched alkanes of at least 4 members (excludes halogenated alkanes) is 27. The van der Waals surface area contributed by atoms with E-state index in [9.17, 15) is 0 Å². The van der Waals surface area contributed by atoms with Gasteiger partial charge in [-0.2, -0.15) is 0 Å². The van der Waals surface area contributed by atoms with E-state index >= 15 is 0 Å². The first-order chi connectivity index (χ1) is 18.3. The van der Waals surface area contributed by atoms with Gasteiger partial charge >= 0.3 is 0 Å². The second-order valence-corrected chi connectivity index (χ2v) is 16.2. The van der Waals surface area contributed by atoms with Crippen LogP contribution in [0, 0.1) is 0 Å². The monoisotopic (exact) mass is 537 g/mol. The van der Waals surface area contributed by atoms with Crippen molar-refractivity contribution in [1.82, 2.24) is 0 Å². The minimum Gasteiger partial charge on any atom is -0.0654 e. The Morgan fingerprint density at radius 3 is 0.568 bits per heavy atom. The molecule has 0 amide bonds. The molecule has 0 rings (SSSR count). The van der Waals surface area contributed by atoms with Gasteiger partial charge in [0.05, 0.1) is 0 Å². The van der Waals surface area contributed by atoms with Crippen molar-refractivity contribution in [1.29, 1.82) is 0 Å². The van der Waals surface area contributed by atoms with Crippen LogP contribution in [0.2, 0.25) is 18.1 Å². The van der Waals surface area contributed by atoms with Gasteiger partial charge in [0, 0.05) is 8.80 Å². The van der Waals surface area contributed by atoms with Gasteiger partial charge in [0.2, 0.25) is 0 Å². The largest absolute Gasteiger partial charge is 0.0654 e. The minimum absolute atomic E-state index is 0.468. The molecule has 0 saturated carbocycles. The molecular weight excluding hydrogens is 460 g/mol. The summed E-state index contributed by atoms with van der Waals surface area (Å²) in [6.07, 6.45) is 44.8. The standard InChI is InChI=1S/C36H76Si/c1-4-7-10-13-16-19-22-25-28-31-34-37(35-32-29-26-23-20-17-14-11-8-5-2)36-33-30-27-24-21-18-15-12-9-6-3/h37H,4-36H2,1-3H3. The Hall–Kier alpha value is 0.217. The first-order valence-corrected chi connectivity index (χ1v) is 20.8. The molecule has 0 atom stereocenters. The van der Waals surface area contributed by atoms with Crippen molar-refractivity contribution in [3.63, 3.8) is 0 Å². The summed E-state index contributed by atoms with van der Waals surface area (Å²) in [6.45, 7) is 6.97. The van der Waals surface area contributed by atoms with E-state index in [2.05, 4.69) is 20.8 Å². The molecule has 0 bridgehead atoms. The summed E-state index contributed by atoms with van der Waals surface area (Å²) in [7, 11) is -0.468. The lowest BCUT2D eigenvalue weighted by molar-refractivity contribution is 0.557. The molecule has 0 heterocycles. The van der Waals surface area contributed by atoms with Crippen molar-refractivity contribution in [2.75, 3.05) is 0 Å². The maximum absolute atomic E-state index is 2.32. The van der Waals surface area contributed by atoms with Crippen LogP contribution in [0.1, 0.15) is 213 Å². The molecule has 1 heteroatoms. The van der Waals surface area contributed by atoms with Gasteiger partial charge in [-0.3, -0.25) is 0 Å². The van der Waals surface area contributed by atoms with Crippen LogP contribution < -0.4 is 0 Å². The van der Waals surface area contributed by atoms with Crippen molar-refractivity contribution in [2.45, 2.75) is 232 Å². The fraction of sp³-hybridized carbons (Fsp3) is 1.00. The van der Waals surface area contributed by atoms with Crippen molar-refractivity contribution in [3.05, 3.63) is 0 Å². The van der Waals surface area contributed by atoms with Crippen LogP contribution in [0.3, 0.4) is 0 Å². The third kappa shape index (κ3) is 32.3. The molecular formula is C36H76Si. The van der Waals surface area contributed by atoms with Gasteiger partial charge in [-0.05, 0) is 0 Å². The quantitative estimate of drug-likeness (QED) is 0.0577. The zero-order valence-electron chi connectivity index (χ0n) is 26.9. The fourth-order valence-corrected chi connectivity index (χ4v) is 9.66. The molecule has 0 N–H and O–H groups in total. The summed E-state index contributed by atoms with van der Waals surface area (Å²) in [5, 5.41) is 0. The Morgan fingerprint density at radius 2 is 0.378 bits per heavy atom. The highest BCUT2D eigenvalue weighted by Gasteiger charge is 2.10. The Morgan fingerprint density at radius 1 is 0.216 bits per heavy atom. The second kappa shape index (κ2) is 34.2. The number of hydrogen-bond donors (Lipinski definition) is 0. The summed E-state index contributed by atoms with van der Waals surface area (Å²) in [6, 6.07) is 5.02. The molecule has 0 aromatic carbocycles. The normalized spacial score (nSPS) is 11.7. The van der Waals surface area contributed by atoms with Crippen molar-refractivity contribution >= 4 is 8.80 Å². The third-order valence-electron chi connectivity index (χ3n) is 8.90. The van der Waals surface area contributed by atoms with E-state index in [0.29, 0.717) is 0 Å². The number of hydrogen-bond acceptors (Lipinski definition) is 0. The van der Waals surface area contributed by atoms with Crippen LogP contribution in [0.5, 0.6) is 0 Å². The van der Waals surface area contributed by atoms with E-state index in [1.807, 2.05) is 0 Å². The zero-order valence-corrected chi connectivity index (χ0v) is 28.1. The first-order valence-electron chi connectivity index (χ1n) is 18.3. The van der Waals surface area contributed by atoms with E-state index < -0.39 is 8.80 Å². The summed E-state index contributed by atoms with van der Waals surface area (Å²) in [5.74, 6) is 0. The van der Waals surface area contributed by atoms with Gasteiger partial charge < -0.3 is 0 Å². The predicted molar refractivity (Wildman–Crippen MR) is 177 cm³/mol.